The molecule has 0 saturated carbocycles. The van der Waals surface area contributed by atoms with Gasteiger partial charge >= 0.3 is 0 Å². The molecule has 15 heavy (non-hydrogen) atoms. The van der Waals surface area contributed by atoms with E-state index in [2.05, 4.69) is 30.9 Å². The van der Waals surface area contributed by atoms with Crippen molar-refractivity contribution in [3.63, 3.8) is 0 Å². The molecule has 5 nitrogen and oxygen atoms in total. The van der Waals surface area contributed by atoms with Crippen molar-refractivity contribution in [2.75, 3.05) is 11.5 Å². The predicted molar refractivity (Wildman–Crippen MR) is 63.2 cm³/mol. The molecule has 0 aliphatic rings. The first-order valence-corrected chi connectivity index (χ1v) is 5.28. The quantitative estimate of drug-likeness (QED) is 0.818. The predicted octanol–water partition coefficient (Wildman–Crippen LogP) is 1.51. The van der Waals surface area contributed by atoms with Crippen molar-refractivity contribution in [1.29, 1.82) is 0 Å². The summed E-state index contributed by atoms with van der Waals surface area (Å²) in [6, 6.07) is 0. The summed E-state index contributed by atoms with van der Waals surface area (Å²) >= 11 is 3.34. The summed E-state index contributed by atoms with van der Waals surface area (Å²) in [5, 5.41) is 0. The molecule has 0 bridgehead atoms. The molecule has 2 aromatic rings. The van der Waals surface area contributed by atoms with E-state index in [9.17, 15) is 0 Å². The minimum Gasteiger partial charge on any atom is -0.382 e. The van der Waals surface area contributed by atoms with Gasteiger partial charge in [-0.1, -0.05) is 6.92 Å². The Balaban J connectivity index is 2.86. The lowest BCUT2D eigenvalue weighted by Gasteiger charge is -2.06. The molecule has 0 aromatic carbocycles. The second-order valence-electron chi connectivity index (χ2n) is 3.10. The molecule has 4 N–H and O–H groups in total. The summed E-state index contributed by atoms with van der Waals surface area (Å²) in [4.78, 5) is 12.6. The van der Waals surface area contributed by atoms with Crippen LogP contribution in [0.5, 0.6) is 0 Å². The van der Waals surface area contributed by atoms with Crippen LogP contribution in [0.1, 0.15) is 12.6 Å². The van der Waals surface area contributed by atoms with Gasteiger partial charge in [-0.05, 0) is 22.4 Å². The highest BCUT2D eigenvalue weighted by molar-refractivity contribution is 9.10. The van der Waals surface area contributed by atoms with Crippen LogP contribution in [0.2, 0.25) is 0 Å². The Hall–Kier alpha value is -1.43. The van der Waals surface area contributed by atoms with Crippen molar-refractivity contribution >= 4 is 38.6 Å². The van der Waals surface area contributed by atoms with Crippen LogP contribution in [-0.4, -0.2) is 15.0 Å². The average molecular weight is 268 g/mol. The largest absolute Gasteiger partial charge is 0.382 e. The third-order valence-corrected chi connectivity index (χ3v) is 2.70. The molecule has 6 heteroatoms. The fraction of sp³-hybridized carbons (Fsp3) is 0.222. The van der Waals surface area contributed by atoms with Crippen LogP contribution in [0.3, 0.4) is 0 Å². The number of nitrogens with two attached hydrogens (primary N) is 2. The minimum absolute atomic E-state index is 0.371. The van der Waals surface area contributed by atoms with Crippen molar-refractivity contribution in [2.45, 2.75) is 13.3 Å². The first-order valence-electron chi connectivity index (χ1n) is 4.49. The molecule has 2 aromatic heterocycles. The zero-order valence-corrected chi connectivity index (χ0v) is 9.74. The molecule has 0 atom stereocenters. The molecule has 78 valence electrons. The zero-order valence-electron chi connectivity index (χ0n) is 8.16. The van der Waals surface area contributed by atoms with Crippen LogP contribution in [0.25, 0.3) is 11.0 Å². The molecule has 0 aliphatic carbocycles. The molecule has 2 heterocycles. The summed E-state index contributed by atoms with van der Waals surface area (Å²) in [5.74, 6) is 0.812. The molecule has 0 radical (unpaired) electrons. The standard InChI is InChI=1S/C9H10BrN5/c1-2-5-8(11)15-6-4(10)3-13-9(12)7(6)14-5/h3H,2H2,1H3,(H2,11,15)(H2,12,13). The van der Waals surface area contributed by atoms with E-state index in [-0.39, 0.29) is 0 Å². The number of fused-ring (bicyclic) bond motifs is 1. The Labute approximate surface area is 95.0 Å². The maximum Gasteiger partial charge on any atom is 0.151 e. The lowest BCUT2D eigenvalue weighted by molar-refractivity contribution is 1.04. The lowest BCUT2D eigenvalue weighted by atomic mass is 10.3. The molecular formula is C9H10BrN5. The number of nitrogens with zero attached hydrogens (tertiary/aromatic N) is 3. The third-order valence-electron chi connectivity index (χ3n) is 2.12. The number of hydrogen-bond donors (Lipinski definition) is 2. The zero-order chi connectivity index (χ0) is 11.0. The van der Waals surface area contributed by atoms with Gasteiger partial charge < -0.3 is 11.5 Å². The van der Waals surface area contributed by atoms with Gasteiger partial charge in [-0.15, -0.1) is 0 Å². The van der Waals surface area contributed by atoms with Gasteiger partial charge in [0.15, 0.2) is 5.82 Å². The first kappa shape index (κ1) is 10.1. The Bertz CT molecular complexity index is 525. The van der Waals surface area contributed by atoms with E-state index in [0.717, 1.165) is 16.6 Å². The summed E-state index contributed by atoms with van der Waals surface area (Å²) in [5.41, 5.74) is 13.5. The molecule has 0 saturated heterocycles. The Morgan fingerprint density at radius 2 is 1.93 bits per heavy atom. The van der Waals surface area contributed by atoms with Gasteiger partial charge in [0.1, 0.15) is 16.9 Å². The van der Waals surface area contributed by atoms with Crippen LogP contribution >= 0.6 is 15.9 Å². The van der Waals surface area contributed by atoms with Crippen LogP contribution in [0, 0.1) is 0 Å². The molecule has 0 aliphatic heterocycles. The van der Waals surface area contributed by atoms with Crippen molar-refractivity contribution in [2.24, 2.45) is 0 Å². The van der Waals surface area contributed by atoms with E-state index in [4.69, 9.17) is 11.5 Å². The summed E-state index contributed by atoms with van der Waals surface area (Å²) in [6.45, 7) is 1.97. The summed E-state index contributed by atoms with van der Waals surface area (Å²) in [7, 11) is 0. The number of aryl methyl sites for hydroxylation is 1. The van der Waals surface area contributed by atoms with Crippen molar-refractivity contribution in [3.8, 4) is 0 Å². The highest BCUT2D eigenvalue weighted by atomic mass is 79.9. The van der Waals surface area contributed by atoms with Gasteiger partial charge in [0, 0.05) is 6.20 Å². The SMILES string of the molecule is CCc1nc2c(N)ncc(Br)c2nc1N. The molecular weight excluding hydrogens is 258 g/mol. The Kier molecular flexibility index (Phi) is 2.44. The minimum atomic E-state index is 0.371. The maximum atomic E-state index is 5.76. The molecule has 0 fully saturated rings. The Morgan fingerprint density at radius 1 is 1.20 bits per heavy atom. The monoisotopic (exact) mass is 267 g/mol. The number of anilines is 2. The normalized spacial score (nSPS) is 10.8. The fourth-order valence-electron chi connectivity index (χ4n) is 1.34. The lowest BCUT2D eigenvalue weighted by Crippen LogP contribution is -2.04. The molecule has 0 amide bonds. The van der Waals surface area contributed by atoms with Gasteiger partial charge in [-0.3, -0.25) is 0 Å². The van der Waals surface area contributed by atoms with Gasteiger partial charge in [-0.2, -0.15) is 0 Å². The number of hydrogen-bond acceptors (Lipinski definition) is 5. The van der Waals surface area contributed by atoms with Crippen LogP contribution in [0.15, 0.2) is 10.7 Å². The maximum absolute atomic E-state index is 5.76. The molecule has 2 rings (SSSR count). The van der Waals surface area contributed by atoms with Crippen LogP contribution in [-0.2, 0) is 6.42 Å². The second-order valence-corrected chi connectivity index (χ2v) is 3.95. The topological polar surface area (TPSA) is 90.7 Å². The highest BCUT2D eigenvalue weighted by Crippen LogP contribution is 2.25. The summed E-state index contributed by atoms with van der Waals surface area (Å²) < 4.78 is 0.744. The van der Waals surface area contributed by atoms with Crippen molar-refractivity contribution in [3.05, 3.63) is 16.4 Å². The van der Waals surface area contributed by atoms with E-state index < -0.39 is 0 Å². The number of aromatic nitrogens is 3. The number of nitrogen functional groups attached to an aromatic ring is 2. The third kappa shape index (κ3) is 1.61. The summed E-state index contributed by atoms with van der Waals surface area (Å²) in [6.07, 6.45) is 2.32. The molecule has 0 spiro atoms. The van der Waals surface area contributed by atoms with Crippen LogP contribution < -0.4 is 11.5 Å². The van der Waals surface area contributed by atoms with Gasteiger partial charge in [0.2, 0.25) is 0 Å². The number of rotatable bonds is 1. The molecule has 0 unspecified atom stereocenters. The second kappa shape index (κ2) is 3.62. The number of halogens is 1. The van der Waals surface area contributed by atoms with Gasteiger partial charge in [0.05, 0.1) is 10.2 Å². The van der Waals surface area contributed by atoms with E-state index in [1.165, 1.54) is 0 Å². The van der Waals surface area contributed by atoms with Crippen molar-refractivity contribution in [1.82, 2.24) is 15.0 Å². The first-order chi connectivity index (χ1) is 7.13. The van der Waals surface area contributed by atoms with Gasteiger partial charge in [-0.25, -0.2) is 15.0 Å². The van der Waals surface area contributed by atoms with E-state index in [1.54, 1.807) is 6.20 Å². The van der Waals surface area contributed by atoms with Crippen molar-refractivity contribution < 1.29 is 0 Å². The van der Waals surface area contributed by atoms with Gasteiger partial charge in [0.25, 0.3) is 0 Å². The van der Waals surface area contributed by atoms with Crippen LogP contribution in [0.4, 0.5) is 11.6 Å². The van der Waals surface area contributed by atoms with E-state index in [0.29, 0.717) is 22.7 Å². The number of pyridine rings is 1. The fourth-order valence-corrected chi connectivity index (χ4v) is 1.72. The van der Waals surface area contributed by atoms with E-state index in [1.807, 2.05) is 6.92 Å². The average Bonchev–Trinajstić information content (AvgIpc) is 2.23. The highest BCUT2D eigenvalue weighted by Gasteiger charge is 2.10. The Morgan fingerprint density at radius 3 is 2.60 bits per heavy atom. The smallest absolute Gasteiger partial charge is 0.151 e. The van der Waals surface area contributed by atoms with E-state index >= 15 is 0 Å².